The second-order valence-corrected chi connectivity index (χ2v) is 10.5. The minimum atomic E-state index is -3.95. The Morgan fingerprint density at radius 2 is 1.30 bits per heavy atom. The van der Waals surface area contributed by atoms with Gasteiger partial charge in [-0.1, -0.05) is 13.3 Å². The molecule has 0 aliphatic carbocycles. The first-order valence-electron chi connectivity index (χ1n) is 6.57. The van der Waals surface area contributed by atoms with Gasteiger partial charge in [-0.3, -0.25) is 0 Å². The van der Waals surface area contributed by atoms with Crippen molar-refractivity contribution in [3.05, 3.63) is 34.6 Å². The van der Waals surface area contributed by atoms with E-state index in [2.05, 4.69) is 0 Å². The molecule has 1 aromatic rings. The second kappa shape index (κ2) is 7.35. The van der Waals surface area contributed by atoms with E-state index < -0.39 is 60.8 Å². The third-order valence-electron chi connectivity index (χ3n) is 2.83. The van der Waals surface area contributed by atoms with E-state index in [0.717, 1.165) is 0 Å². The molecule has 0 saturated heterocycles. The van der Waals surface area contributed by atoms with Crippen molar-refractivity contribution in [3.63, 3.8) is 0 Å². The lowest BCUT2D eigenvalue weighted by Gasteiger charge is -2.30. The molecule has 0 N–H and O–H groups in total. The summed E-state index contributed by atoms with van der Waals surface area (Å²) >= 11 is 0. The normalized spacial score (nSPS) is 13.4. The van der Waals surface area contributed by atoms with Gasteiger partial charge in [0.1, 0.15) is 0 Å². The van der Waals surface area contributed by atoms with Crippen molar-refractivity contribution in [1.82, 2.24) is 0 Å². The summed E-state index contributed by atoms with van der Waals surface area (Å²) in [7, 11) is -6.58. The van der Waals surface area contributed by atoms with Gasteiger partial charge in [-0.25, -0.2) is 25.6 Å². The molecule has 1 aromatic carbocycles. The molecule has 134 valence electrons. The van der Waals surface area contributed by atoms with E-state index in [1.165, 1.54) is 12.5 Å². The number of rotatable bonds is 7. The molecule has 3 nitrogen and oxygen atoms in total. The Kier molecular flexibility index (Phi) is 6.45. The van der Waals surface area contributed by atoms with Crippen LogP contribution in [-0.2, 0) is 19.5 Å². The SMILES string of the molecule is CCCCS(=O)(=O)OS(C)(C)Cc1c(F)c(F)c(F)c(F)c1F. The van der Waals surface area contributed by atoms with Gasteiger partial charge in [0, 0.05) is 11.3 Å². The van der Waals surface area contributed by atoms with E-state index in [1.807, 2.05) is 0 Å². The molecule has 1 rings (SSSR count). The zero-order valence-electron chi connectivity index (χ0n) is 12.8. The number of halogens is 5. The van der Waals surface area contributed by atoms with Gasteiger partial charge < -0.3 is 0 Å². The molecule has 0 spiro atoms. The molecule has 0 atom stereocenters. The Morgan fingerprint density at radius 3 is 1.74 bits per heavy atom. The quantitative estimate of drug-likeness (QED) is 0.408. The molecule has 10 heteroatoms. The van der Waals surface area contributed by atoms with Crippen LogP contribution in [0.4, 0.5) is 22.0 Å². The predicted octanol–water partition coefficient (Wildman–Crippen LogP) is 4.01. The van der Waals surface area contributed by atoms with E-state index in [1.54, 1.807) is 6.92 Å². The molecule has 0 fully saturated rings. The Hall–Kier alpha value is -0.870. The van der Waals surface area contributed by atoms with Gasteiger partial charge in [-0.2, -0.15) is 8.42 Å². The average Bonchev–Trinajstić information content (AvgIpc) is 2.44. The van der Waals surface area contributed by atoms with Crippen molar-refractivity contribution in [2.24, 2.45) is 0 Å². The first kappa shape index (κ1) is 20.2. The summed E-state index contributed by atoms with van der Waals surface area (Å²) in [6.07, 6.45) is 3.47. The number of unbranched alkanes of at least 4 members (excludes halogenated alkanes) is 1. The summed E-state index contributed by atoms with van der Waals surface area (Å²) in [4.78, 5) is 0. The van der Waals surface area contributed by atoms with Crippen LogP contribution in [0.25, 0.3) is 0 Å². The van der Waals surface area contributed by atoms with Crippen LogP contribution in [0.2, 0.25) is 0 Å². The van der Waals surface area contributed by atoms with Crippen molar-refractivity contribution in [2.45, 2.75) is 25.5 Å². The van der Waals surface area contributed by atoms with Gasteiger partial charge in [0.05, 0.1) is 5.75 Å². The van der Waals surface area contributed by atoms with Crippen molar-refractivity contribution < 1.29 is 34.0 Å². The monoisotopic (exact) mass is 380 g/mol. The van der Waals surface area contributed by atoms with Gasteiger partial charge in [-0.05, 0) is 18.9 Å². The fourth-order valence-corrected chi connectivity index (χ4v) is 6.09. The van der Waals surface area contributed by atoms with E-state index in [0.29, 0.717) is 12.8 Å². The average molecular weight is 380 g/mol. The van der Waals surface area contributed by atoms with Crippen molar-refractivity contribution in [3.8, 4) is 0 Å². The second-order valence-electron chi connectivity index (χ2n) is 5.31. The van der Waals surface area contributed by atoms with E-state index in [4.69, 9.17) is 3.63 Å². The Bertz CT molecular complexity index is 660. The lowest BCUT2D eigenvalue weighted by Crippen LogP contribution is -2.17. The maximum atomic E-state index is 13.7. The first-order chi connectivity index (χ1) is 10.4. The molecular formula is C13H17F5O3S2. The van der Waals surface area contributed by atoms with E-state index in [-0.39, 0.29) is 5.75 Å². The fourth-order valence-electron chi connectivity index (χ4n) is 1.78. The van der Waals surface area contributed by atoms with Crippen LogP contribution < -0.4 is 0 Å². The minimum Gasteiger partial charge on any atom is -0.220 e. The van der Waals surface area contributed by atoms with Gasteiger partial charge in [-0.15, -0.1) is 10.3 Å². The number of hydrogen-bond acceptors (Lipinski definition) is 3. The lowest BCUT2D eigenvalue weighted by molar-refractivity contribution is 0.372. The standard InChI is InChI=1S/C13H17F5O3S2/c1-4-5-6-23(19,20)21-22(2,3)7-8-9(14)11(16)13(18)12(17)10(8)15/h4-7H2,1-3H3. The maximum absolute atomic E-state index is 13.7. The first-order valence-corrected chi connectivity index (χ1v) is 10.7. The molecule has 0 amide bonds. The molecule has 0 saturated carbocycles. The summed E-state index contributed by atoms with van der Waals surface area (Å²) in [5, 5.41) is 0. The lowest BCUT2D eigenvalue weighted by atomic mass is 10.2. The highest BCUT2D eigenvalue weighted by molar-refractivity contribution is 8.31. The Labute approximate surface area is 133 Å². The zero-order valence-corrected chi connectivity index (χ0v) is 14.4. The van der Waals surface area contributed by atoms with Crippen LogP contribution in [0.3, 0.4) is 0 Å². The van der Waals surface area contributed by atoms with Crippen LogP contribution in [0.1, 0.15) is 25.3 Å². The van der Waals surface area contributed by atoms with Crippen LogP contribution in [0.5, 0.6) is 0 Å². The van der Waals surface area contributed by atoms with Crippen LogP contribution in [-0.4, -0.2) is 26.7 Å². The van der Waals surface area contributed by atoms with Crippen molar-refractivity contribution in [2.75, 3.05) is 18.3 Å². The minimum absolute atomic E-state index is 0.281. The third-order valence-corrected chi connectivity index (χ3v) is 6.90. The number of hydrogen-bond donors (Lipinski definition) is 0. The molecule has 0 bridgehead atoms. The summed E-state index contributed by atoms with van der Waals surface area (Å²) in [5.74, 6) is -11.3. The van der Waals surface area contributed by atoms with Crippen LogP contribution in [0.15, 0.2) is 0 Å². The molecule has 0 aliphatic rings. The predicted molar refractivity (Wildman–Crippen MR) is 79.2 cm³/mol. The molecule has 0 aliphatic heterocycles. The molecule has 0 aromatic heterocycles. The van der Waals surface area contributed by atoms with Gasteiger partial charge >= 0.3 is 0 Å². The Morgan fingerprint density at radius 1 is 0.870 bits per heavy atom. The summed E-state index contributed by atoms with van der Waals surface area (Å²) in [6.45, 7) is 1.77. The highest BCUT2D eigenvalue weighted by atomic mass is 32.3. The van der Waals surface area contributed by atoms with Gasteiger partial charge in [0.25, 0.3) is 10.1 Å². The fraction of sp³-hybridized carbons (Fsp3) is 0.538. The Balaban J connectivity index is 3.12. The van der Waals surface area contributed by atoms with E-state index >= 15 is 0 Å². The van der Waals surface area contributed by atoms with Gasteiger partial charge in [0.15, 0.2) is 23.3 Å². The van der Waals surface area contributed by atoms with E-state index in [9.17, 15) is 30.4 Å². The summed E-state index contributed by atoms with van der Waals surface area (Å²) < 4.78 is 95.1. The van der Waals surface area contributed by atoms with Gasteiger partial charge in [0.2, 0.25) is 5.82 Å². The summed E-state index contributed by atoms with van der Waals surface area (Å²) in [5.41, 5.74) is -1.08. The van der Waals surface area contributed by atoms with Crippen LogP contribution >= 0.6 is 10.3 Å². The highest BCUT2D eigenvalue weighted by Crippen LogP contribution is 2.48. The molecular weight excluding hydrogens is 363 g/mol. The highest BCUT2D eigenvalue weighted by Gasteiger charge is 2.30. The van der Waals surface area contributed by atoms with Crippen LogP contribution in [0, 0.1) is 29.1 Å². The molecule has 0 heterocycles. The topological polar surface area (TPSA) is 43.4 Å². The largest absolute Gasteiger partial charge is 0.276 e. The van der Waals surface area contributed by atoms with Crippen molar-refractivity contribution in [1.29, 1.82) is 0 Å². The van der Waals surface area contributed by atoms with Crippen molar-refractivity contribution >= 4 is 20.4 Å². The molecule has 0 radical (unpaired) electrons. The number of benzene rings is 1. The smallest absolute Gasteiger partial charge is 0.220 e. The molecule has 0 unspecified atom stereocenters. The third kappa shape index (κ3) is 5.05. The zero-order chi connectivity index (χ0) is 18.0. The maximum Gasteiger partial charge on any atom is 0.276 e. The molecule has 23 heavy (non-hydrogen) atoms. The summed E-state index contributed by atoms with van der Waals surface area (Å²) in [6, 6.07) is 0.